The van der Waals surface area contributed by atoms with Gasteiger partial charge < -0.3 is 20.3 Å². The first-order valence-corrected chi connectivity index (χ1v) is 10.0. The van der Waals surface area contributed by atoms with Crippen LogP contribution in [-0.2, 0) is 17.6 Å². The highest BCUT2D eigenvalue weighted by Crippen LogP contribution is 2.27. The van der Waals surface area contributed by atoms with Gasteiger partial charge in [0.25, 0.3) is 0 Å². The normalized spacial score (nSPS) is 18.4. The number of benzene rings is 1. The van der Waals surface area contributed by atoms with Gasteiger partial charge in [0.1, 0.15) is 0 Å². The maximum Gasteiger partial charge on any atom is 0.308 e. The first kappa shape index (κ1) is 19.4. The largest absolute Gasteiger partial charge is 0.481 e. The van der Waals surface area contributed by atoms with Crippen LogP contribution < -0.4 is 10.2 Å². The first-order chi connectivity index (χ1) is 15.0. The summed E-state index contributed by atoms with van der Waals surface area (Å²) in [6.45, 7) is 1.07. The van der Waals surface area contributed by atoms with Gasteiger partial charge in [0.15, 0.2) is 11.6 Å². The van der Waals surface area contributed by atoms with Crippen molar-refractivity contribution < 1.29 is 18.7 Å². The summed E-state index contributed by atoms with van der Waals surface area (Å²) in [5, 5.41) is 12.4. The summed E-state index contributed by atoms with van der Waals surface area (Å²) in [7, 11) is 0. The number of fused-ring (bicyclic) bond motifs is 1. The van der Waals surface area contributed by atoms with Crippen molar-refractivity contribution in [2.75, 3.05) is 23.3 Å². The van der Waals surface area contributed by atoms with Gasteiger partial charge in [0.05, 0.1) is 17.8 Å². The molecule has 160 valence electrons. The van der Waals surface area contributed by atoms with Gasteiger partial charge in [-0.3, -0.25) is 4.79 Å². The fourth-order valence-corrected chi connectivity index (χ4v) is 4.21. The van der Waals surface area contributed by atoms with Crippen LogP contribution in [0.2, 0.25) is 0 Å². The van der Waals surface area contributed by atoms with Crippen LogP contribution in [-0.4, -0.2) is 50.1 Å². The number of nitrogens with one attached hydrogen (secondary N) is 2. The van der Waals surface area contributed by atoms with Gasteiger partial charge >= 0.3 is 5.97 Å². The lowest BCUT2D eigenvalue weighted by Crippen LogP contribution is -2.23. The van der Waals surface area contributed by atoms with E-state index in [0.29, 0.717) is 44.2 Å². The van der Waals surface area contributed by atoms with Crippen molar-refractivity contribution in [1.82, 2.24) is 19.9 Å². The molecule has 1 aromatic carbocycles. The Hall–Kier alpha value is -3.56. The molecule has 0 amide bonds. The minimum absolute atomic E-state index is 0.0295. The van der Waals surface area contributed by atoms with Gasteiger partial charge in [-0.05, 0) is 42.5 Å². The Kier molecular flexibility index (Phi) is 4.76. The van der Waals surface area contributed by atoms with Crippen molar-refractivity contribution in [3.63, 3.8) is 0 Å². The molecule has 0 bridgehead atoms. The first-order valence-electron chi connectivity index (χ1n) is 10.0. The average molecular weight is 426 g/mol. The van der Waals surface area contributed by atoms with E-state index in [1.807, 2.05) is 4.90 Å². The quantitative estimate of drug-likeness (QED) is 0.576. The maximum atomic E-state index is 13.4. The van der Waals surface area contributed by atoms with E-state index in [2.05, 4.69) is 25.3 Å². The molecule has 0 spiro atoms. The average Bonchev–Trinajstić information content (AvgIpc) is 3.48. The van der Waals surface area contributed by atoms with E-state index < -0.39 is 17.6 Å². The molecule has 1 saturated heterocycles. The molecule has 1 fully saturated rings. The second kappa shape index (κ2) is 7.60. The Labute approximate surface area is 176 Å². The van der Waals surface area contributed by atoms with Gasteiger partial charge in [-0.25, -0.2) is 23.7 Å². The Morgan fingerprint density at radius 2 is 1.77 bits per heavy atom. The van der Waals surface area contributed by atoms with E-state index >= 15 is 0 Å². The van der Waals surface area contributed by atoms with Crippen LogP contribution in [0.25, 0.3) is 11.3 Å². The molecule has 31 heavy (non-hydrogen) atoms. The zero-order chi connectivity index (χ0) is 21.5. The number of carbonyl (C=O) groups is 1. The van der Waals surface area contributed by atoms with Crippen LogP contribution in [0.1, 0.15) is 17.5 Å². The van der Waals surface area contributed by atoms with Crippen LogP contribution in [0.15, 0.2) is 30.7 Å². The number of imidazole rings is 1. The summed E-state index contributed by atoms with van der Waals surface area (Å²) in [5.74, 6) is -1.75. The number of aromatic nitrogens is 4. The third-order valence-corrected chi connectivity index (χ3v) is 5.87. The van der Waals surface area contributed by atoms with Crippen LogP contribution >= 0.6 is 0 Å². The molecule has 3 heterocycles. The minimum Gasteiger partial charge on any atom is -0.481 e. The third kappa shape index (κ3) is 3.80. The molecule has 2 aliphatic rings. The number of carboxylic acids is 1. The van der Waals surface area contributed by atoms with Crippen molar-refractivity contribution in [2.24, 2.45) is 5.92 Å². The maximum absolute atomic E-state index is 13.4. The predicted molar refractivity (Wildman–Crippen MR) is 109 cm³/mol. The number of rotatable bonds is 5. The number of hydrogen-bond donors (Lipinski definition) is 3. The zero-order valence-electron chi connectivity index (χ0n) is 16.5. The standard InChI is InChI=1S/C21H20F2N6O2/c22-16-5-12-3-15(4-13(12)6-17(16)23)27-20-24-7-14(8-25-20)18-9-26-21(28-18)29-2-1-11(10-29)19(30)31/h5-9,11,15H,1-4,10H2,(H,26,28)(H,30,31)(H,24,25,27). The minimum atomic E-state index is -0.827. The van der Waals surface area contributed by atoms with Crippen LogP contribution in [0.5, 0.6) is 0 Å². The van der Waals surface area contributed by atoms with Crippen LogP contribution in [0.3, 0.4) is 0 Å². The summed E-state index contributed by atoms with van der Waals surface area (Å²) in [6.07, 6.45) is 6.75. The number of anilines is 2. The molecule has 1 atom stereocenters. The number of halogens is 2. The van der Waals surface area contributed by atoms with Crippen molar-refractivity contribution in [2.45, 2.75) is 25.3 Å². The molecule has 8 nitrogen and oxygen atoms in total. The van der Waals surface area contributed by atoms with Gasteiger partial charge in [-0.1, -0.05) is 0 Å². The van der Waals surface area contributed by atoms with Crippen molar-refractivity contribution in [1.29, 1.82) is 0 Å². The molecule has 3 aromatic rings. The summed E-state index contributed by atoms with van der Waals surface area (Å²) in [4.78, 5) is 29.3. The molecule has 0 saturated carbocycles. The third-order valence-electron chi connectivity index (χ3n) is 5.87. The molecule has 1 aliphatic carbocycles. The van der Waals surface area contributed by atoms with E-state index in [0.717, 1.165) is 22.4 Å². The highest BCUT2D eigenvalue weighted by atomic mass is 19.2. The number of aromatic amines is 1. The molecular weight excluding hydrogens is 406 g/mol. The lowest BCUT2D eigenvalue weighted by Gasteiger charge is -2.13. The topological polar surface area (TPSA) is 107 Å². The highest BCUT2D eigenvalue weighted by molar-refractivity contribution is 5.72. The smallest absolute Gasteiger partial charge is 0.308 e. The Morgan fingerprint density at radius 3 is 2.39 bits per heavy atom. The van der Waals surface area contributed by atoms with E-state index in [-0.39, 0.29) is 12.0 Å². The second-order valence-corrected chi connectivity index (χ2v) is 7.97. The van der Waals surface area contributed by atoms with Gasteiger partial charge in [-0.15, -0.1) is 0 Å². The number of aliphatic carboxylic acids is 1. The summed E-state index contributed by atoms with van der Waals surface area (Å²) in [5.41, 5.74) is 3.08. The van der Waals surface area contributed by atoms with Crippen LogP contribution in [0.4, 0.5) is 20.7 Å². The Bertz CT molecular complexity index is 1100. The van der Waals surface area contributed by atoms with E-state index in [4.69, 9.17) is 5.11 Å². The van der Waals surface area contributed by atoms with Gasteiger partial charge in [-0.2, -0.15) is 0 Å². The summed E-state index contributed by atoms with van der Waals surface area (Å²) >= 11 is 0. The molecule has 2 aromatic heterocycles. The molecular formula is C21H20F2N6O2. The molecule has 1 unspecified atom stereocenters. The Morgan fingerprint density at radius 1 is 1.10 bits per heavy atom. The van der Waals surface area contributed by atoms with Gasteiger partial charge in [0, 0.05) is 37.1 Å². The van der Waals surface area contributed by atoms with E-state index in [9.17, 15) is 13.6 Å². The Balaban J connectivity index is 1.23. The number of nitrogens with zero attached hydrogens (tertiary/aromatic N) is 4. The lowest BCUT2D eigenvalue weighted by atomic mass is 10.1. The lowest BCUT2D eigenvalue weighted by molar-refractivity contribution is -0.140. The van der Waals surface area contributed by atoms with Gasteiger partial charge in [0.2, 0.25) is 11.9 Å². The van der Waals surface area contributed by atoms with Crippen molar-refractivity contribution in [3.8, 4) is 11.3 Å². The van der Waals surface area contributed by atoms with Crippen molar-refractivity contribution in [3.05, 3.63) is 53.5 Å². The fraction of sp³-hybridized carbons (Fsp3) is 0.333. The molecule has 5 rings (SSSR count). The second-order valence-electron chi connectivity index (χ2n) is 7.97. The number of H-pyrrole nitrogens is 1. The SMILES string of the molecule is O=C(O)C1CCN(c2ncc(-c3cnc(NC4Cc5cc(F)c(F)cc5C4)nc3)[nH]2)C1. The molecule has 1 aliphatic heterocycles. The number of carboxylic acid groups (broad SMARTS) is 1. The number of hydrogen-bond acceptors (Lipinski definition) is 6. The fourth-order valence-electron chi connectivity index (χ4n) is 4.21. The molecule has 0 radical (unpaired) electrons. The summed E-state index contributed by atoms with van der Waals surface area (Å²) < 4.78 is 26.9. The van der Waals surface area contributed by atoms with Crippen LogP contribution in [0, 0.1) is 17.6 Å². The zero-order valence-corrected chi connectivity index (χ0v) is 16.5. The monoisotopic (exact) mass is 426 g/mol. The van der Waals surface area contributed by atoms with E-state index in [1.165, 1.54) is 12.1 Å². The molecule has 10 heteroatoms. The highest BCUT2D eigenvalue weighted by Gasteiger charge is 2.29. The van der Waals surface area contributed by atoms with Crippen molar-refractivity contribution >= 4 is 17.9 Å². The predicted octanol–water partition coefficient (Wildman–Crippen LogP) is 2.64. The molecule has 3 N–H and O–H groups in total. The summed E-state index contributed by atoms with van der Waals surface area (Å²) in [6, 6.07) is 2.48. The van der Waals surface area contributed by atoms with E-state index in [1.54, 1.807) is 18.6 Å².